The van der Waals surface area contributed by atoms with Crippen molar-refractivity contribution in [2.75, 3.05) is 19.6 Å². The molecule has 1 aliphatic carbocycles. The summed E-state index contributed by atoms with van der Waals surface area (Å²) in [4.78, 5) is 2.72. The summed E-state index contributed by atoms with van der Waals surface area (Å²) >= 11 is 3.66. The highest BCUT2D eigenvalue weighted by Gasteiger charge is 2.30. The lowest BCUT2D eigenvalue weighted by Gasteiger charge is -2.30. The minimum atomic E-state index is 0.844. The van der Waals surface area contributed by atoms with E-state index >= 15 is 0 Å². The van der Waals surface area contributed by atoms with Crippen molar-refractivity contribution in [3.05, 3.63) is 33.8 Å². The van der Waals surface area contributed by atoms with Gasteiger partial charge in [-0.2, -0.15) is 0 Å². The van der Waals surface area contributed by atoms with Crippen molar-refractivity contribution in [1.82, 2.24) is 10.2 Å². The molecule has 0 bridgehead atoms. The molecule has 2 fully saturated rings. The first-order valence-corrected chi connectivity index (χ1v) is 8.71. The molecule has 1 N–H and O–H groups in total. The summed E-state index contributed by atoms with van der Waals surface area (Å²) in [5.74, 6) is 0.846. The lowest BCUT2D eigenvalue weighted by atomic mass is 9.98. The average molecular weight is 337 g/mol. The number of benzene rings is 1. The molecule has 2 nitrogen and oxygen atoms in total. The molecule has 1 aliphatic heterocycles. The molecule has 1 aromatic rings. The van der Waals surface area contributed by atoms with Gasteiger partial charge < -0.3 is 5.32 Å². The van der Waals surface area contributed by atoms with Crippen LogP contribution in [-0.4, -0.2) is 30.6 Å². The SMILES string of the molecule is Cc1ccc(CN(CC2CCCNC2)C2CC2)cc1Br. The number of aryl methyl sites for hydroxylation is 1. The molecular weight excluding hydrogens is 312 g/mol. The predicted molar refractivity (Wildman–Crippen MR) is 87.9 cm³/mol. The summed E-state index contributed by atoms with van der Waals surface area (Å²) < 4.78 is 1.24. The Balaban J connectivity index is 1.62. The van der Waals surface area contributed by atoms with Crippen LogP contribution in [0.4, 0.5) is 0 Å². The molecule has 0 amide bonds. The van der Waals surface area contributed by atoms with Gasteiger partial charge in [-0.05, 0) is 68.8 Å². The van der Waals surface area contributed by atoms with Crippen LogP contribution in [0, 0.1) is 12.8 Å². The summed E-state index contributed by atoms with van der Waals surface area (Å²) in [6.07, 6.45) is 5.54. The fraction of sp³-hybridized carbons (Fsp3) is 0.647. The number of nitrogens with zero attached hydrogens (tertiary/aromatic N) is 1. The Morgan fingerprint density at radius 2 is 2.15 bits per heavy atom. The van der Waals surface area contributed by atoms with Gasteiger partial charge in [0.25, 0.3) is 0 Å². The van der Waals surface area contributed by atoms with Crippen LogP contribution in [0.2, 0.25) is 0 Å². The maximum Gasteiger partial charge on any atom is 0.0237 e. The monoisotopic (exact) mass is 336 g/mol. The standard InChI is InChI=1S/C17H25BrN2/c1-13-4-5-14(9-17(13)18)11-20(16-6-7-16)12-15-3-2-8-19-10-15/h4-5,9,15-16,19H,2-3,6-8,10-12H2,1H3. The van der Waals surface area contributed by atoms with E-state index in [1.807, 2.05) is 0 Å². The zero-order valence-electron chi connectivity index (χ0n) is 12.4. The molecular formula is C17H25BrN2. The molecule has 1 aromatic carbocycles. The zero-order valence-corrected chi connectivity index (χ0v) is 14.0. The molecule has 3 rings (SSSR count). The van der Waals surface area contributed by atoms with Crippen LogP contribution in [0.1, 0.15) is 36.8 Å². The highest BCUT2D eigenvalue weighted by atomic mass is 79.9. The van der Waals surface area contributed by atoms with Crippen LogP contribution in [0.5, 0.6) is 0 Å². The second kappa shape index (κ2) is 6.59. The van der Waals surface area contributed by atoms with Crippen molar-refractivity contribution in [3.8, 4) is 0 Å². The maximum atomic E-state index is 3.66. The predicted octanol–water partition coefficient (Wildman–Crippen LogP) is 3.72. The van der Waals surface area contributed by atoms with Crippen molar-refractivity contribution in [1.29, 1.82) is 0 Å². The van der Waals surface area contributed by atoms with E-state index in [2.05, 4.69) is 51.3 Å². The highest BCUT2D eigenvalue weighted by molar-refractivity contribution is 9.10. The Kier molecular flexibility index (Phi) is 4.79. The Morgan fingerprint density at radius 3 is 2.80 bits per heavy atom. The topological polar surface area (TPSA) is 15.3 Å². The zero-order chi connectivity index (χ0) is 13.9. The number of rotatable bonds is 5. The molecule has 1 saturated carbocycles. The smallest absolute Gasteiger partial charge is 0.0237 e. The van der Waals surface area contributed by atoms with Gasteiger partial charge in [0.05, 0.1) is 0 Å². The molecule has 0 radical (unpaired) electrons. The largest absolute Gasteiger partial charge is 0.316 e. The fourth-order valence-electron chi connectivity index (χ4n) is 3.16. The van der Waals surface area contributed by atoms with E-state index in [4.69, 9.17) is 0 Å². The number of hydrogen-bond donors (Lipinski definition) is 1. The quantitative estimate of drug-likeness (QED) is 0.881. The maximum absolute atomic E-state index is 3.66. The summed E-state index contributed by atoms with van der Waals surface area (Å²) in [5, 5.41) is 3.55. The molecule has 3 heteroatoms. The van der Waals surface area contributed by atoms with Crippen LogP contribution in [0.3, 0.4) is 0 Å². The van der Waals surface area contributed by atoms with E-state index in [0.29, 0.717) is 0 Å². The Hall–Kier alpha value is -0.380. The number of hydrogen-bond acceptors (Lipinski definition) is 2. The second-order valence-electron chi connectivity index (χ2n) is 6.46. The van der Waals surface area contributed by atoms with Crippen molar-refractivity contribution < 1.29 is 0 Å². The molecule has 1 saturated heterocycles. The second-order valence-corrected chi connectivity index (χ2v) is 7.31. The number of nitrogens with one attached hydrogen (secondary N) is 1. The number of halogens is 1. The third-order valence-electron chi connectivity index (χ3n) is 4.58. The minimum absolute atomic E-state index is 0.844. The first-order chi connectivity index (χ1) is 9.72. The van der Waals surface area contributed by atoms with Gasteiger partial charge >= 0.3 is 0 Å². The van der Waals surface area contributed by atoms with Gasteiger partial charge in [0.1, 0.15) is 0 Å². The lowest BCUT2D eigenvalue weighted by Crippen LogP contribution is -2.39. The van der Waals surface area contributed by atoms with Gasteiger partial charge in [-0.25, -0.2) is 0 Å². The fourth-order valence-corrected chi connectivity index (χ4v) is 3.59. The molecule has 0 aromatic heterocycles. The summed E-state index contributed by atoms with van der Waals surface area (Å²) in [7, 11) is 0. The van der Waals surface area contributed by atoms with Crippen LogP contribution in [0.15, 0.2) is 22.7 Å². The average Bonchev–Trinajstić information content (AvgIpc) is 3.28. The van der Waals surface area contributed by atoms with Crippen LogP contribution < -0.4 is 5.32 Å². The van der Waals surface area contributed by atoms with Crippen molar-refractivity contribution in [2.24, 2.45) is 5.92 Å². The van der Waals surface area contributed by atoms with Crippen molar-refractivity contribution >= 4 is 15.9 Å². The van der Waals surface area contributed by atoms with Crippen LogP contribution in [-0.2, 0) is 6.54 Å². The first kappa shape index (κ1) is 14.6. The van der Waals surface area contributed by atoms with Crippen LogP contribution in [0.25, 0.3) is 0 Å². The molecule has 20 heavy (non-hydrogen) atoms. The van der Waals surface area contributed by atoms with Gasteiger partial charge in [0.15, 0.2) is 0 Å². The van der Waals surface area contributed by atoms with Crippen molar-refractivity contribution in [2.45, 2.75) is 45.2 Å². The Bertz CT molecular complexity index is 450. The Labute approximate surface area is 131 Å². The summed E-state index contributed by atoms with van der Waals surface area (Å²) in [5.41, 5.74) is 2.77. The molecule has 1 unspecified atom stereocenters. The normalized spacial score (nSPS) is 23.2. The molecule has 2 aliphatic rings. The Morgan fingerprint density at radius 1 is 1.30 bits per heavy atom. The van der Waals surface area contributed by atoms with E-state index in [0.717, 1.165) is 18.5 Å². The number of piperidine rings is 1. The molecule has 1 heterocycles. The third kappa shape index (κ3) is 3.84. The van der Waals surface area contributed by atoms with E-state index in [9.17, 15) is 0 Å². The van der Waals surface area contributed by atoms with E-state index in [-0.39, 0.29) is 0 Å². The summed E-state index contributed by atoms with van der Waals surface area (Å²) in [6.45, 7) is 6.95. The third-order valence-corrected chi connectivity index (χ3v) is 5.43. The minimum Gasteiger partial charge on any atom is -0.316 e. The van der Waals surface area contributed by atoms with Gasteiger partial charge in [0.2, 0.25) is 0 Å². The van der Waals surface area contributed by atoms with E-state index in [1.165, 1.54) is 60.9 Å². The van der Waals surface area contributed by atoms with E-state index in [1.54, 1.807) is 0 Å². The lowest BCUT2D eigenvalue weighted by molar-refractivity contribution is 0.193. The van der Waals surface area contributed by atoms with Crippen LogP contribution >= 0.6 is 15.9 Å². The molecule has 0 spiro atoms. The van der Waals surface area contributed by atoms with Gasteiger partial charge in [-0.1, -0.05) is 28.1 Å². The molecule has 1 atom stereocenters. The molecule has 110 valence electrons. The van der Waals surface area contributed by atoms with Gasteiger partial charge in [-0.15, -0.1) is 0 Å². The van der Waals surface area contributed by atoms with E-state index < -0.39 is 0 Å². The van der Waals surface area contributed by atoms with Gasteiger partial charge in [-0.3, -0.25) is 4.90 Å². The first-order valence-electron chi connectivity index (χ1n) is 7.92. The van der Waals surface area contributed by atoms with Gasteiger partial charge in [0, 0.05) is 23.6 Å². The van der Waals surface area contributed by atoms with Crippen molar-refractivity contribution in [3.63, 3.8) is 0 Å². The highest BCUT2D eigenvalue weighted by Crippen LogP contribution is 2.30. The summed E-state index contributed by atoms with van der Waals surface area (Å²) in [6, 6.07) is 7.66.